The normalized spacial score (nSPS) is 33.9. The molecule has 0 amide bonds. The summed E-state index contributed by atoms with van der Waals surface area (Å²) in [4.78, 5) is 12.4. The van der Waals surface area contributed by atoms with E-state index in [4.69, 9.17) is 9.47 Å². The summed E-state index contributed by atoms with van der Waals surface area (Å²) in [5.74, 6) is 0.530. The molecule has 7 heteroatoms. The number of hydrogen-bond acceptors (Lipinski definition) is 5. The Labute approximate surface area is 116 Å². The first-order valence-electron chi connectivity index (χ1n) is 7.46. The van der Waals surface area contributed by atoms with Gasteiger partial charge in [0.2, 0.25) is 0 Å². The van der Waals surface area contributed by atoms with Crippen molar-refractivity contribution in [2.24, 2.45) is 11.3 Å². The van der Waals surface area contributed by atoms with Gasteiger partial charge in [0.15, 0.2) is 0 Å². The van der Waals surface area contributed by atoms with Crippen molar-refractivity contribution >= 4 is 0 Å². The lowest BCUT2D eigenvalue weighted by atomic mass is 10.0. The van der Waals surface area contributed by atoms with Crippen LogP contribution in [0.25, 0.3) is 0 Å². The summed E-state index contributed by atoms with van der Waals surface area (Å²) in [7, 11) is 0. The van der Waals surface area contributed by atoms with Crippen molar-refractivity contribution in [3.05, 3.63) is 10.5 Å². The van der Waals surface area contributed by atoms with Gasteiger partial charge in [0.25, 0.3) is 0 Å². The van der Waals surface area contributed by atoms with Gasteiger partial charge in [-0.1, -0.05) is 0 Å². The Morgan fingerprint density at radius 3 is 2.80 bits per heavy atom. The molecule has 3 heterocycles. The van der Waals surface area contributed by atoms with E-state index in [1.807, 2.05) is 0 Å². The monoisotopic (exact) mass is 280 g/mol. The molecule has 0 radical (unpaired) electrons. The summed E-state index contributed by atoms with van der Waals surface area (Å²) in [5.41, 5.74) is 0.264. The highest BCUT2D eigenvalue weighted by atomic mass is 16.5. The van der Waals surface area contributed by atoms with Gasteiger partial charge in [0.1, 0.15) is 0 Å². The molecule has 2 saturated heterocycles. The van der Waals surface area contributed by atoms with Crippen LogP contribution in [0.15, 0.2) is 4.79 Å². The van der Waals surface area contributed by atoms with Crippen LogP contribution >= 0.6 is 0 Å². The lowest BCUT2D eigenvalue weighted by molar-refractivity contribution is 0.0646. The van der Waals surface area contributed by atoms with E-state index in [0.717, 1.165) is 38.9 Å². The van der Waals surface area contributed by atoms with Gasteiger partial charge in [-0.05, 0) is 42.0 Å². The minimum Gasteiger partial charge on any atom is -0.381 e. The highest BCUT2D eigenvalue weighted by Crippen LogP contribution is 2.58. The summed E-state index contributed by atoms with van der Waals surface area (Å²) in [6.45, 7) is 3.80. The third-order valence-electron chi connectivity index (χ3n) is 5.08. The molecule has 1 saturated carbocycles. The van der Waals surface area contributed by atoms with Gasteiger partial charge in [0.05, 0.1) is 19.2 Å². The van der Waals surface area contributed by atoms with E-state index in [1.165, 1.54) is 4.68 Å². The molecule has 4 rings (SSSR count). The SMILES string of the molecule is O=c1n(CC2CC23CCOC3)nnn1C1CCOCC1. The third kappa shape index (κ3) is 2.00. The second kappa shape index (κ2) is 4.66. The van der Waals surface area contributed by atoms with Crippen molar-refractivity contribution in [2.45, 2.75) is 38.3 Å². The molecule has 0 N–H and O–H groups in total. The zero-order valence-corrected chi connectivity index (χ0v) is 11.5. The zero-order chi connectivity index (χ0) is 13.6. The van der Waals surface area contributed by atoms with Gasteiger partial charge in [-0.15, -0.1) is 0 Å². The molecule has 110 valence electrons. The van der Waals surface area contributed by atoms with E-state index in [-0.39, 0.29) is 11.7 Å². The van der Waals surface area contributed by atoms with Crippen LogP contribution in [0, 0.1) is 11.3 Å². The predicted molar refractivity (Wildman–Crippen MR) is 69.3 cm³/mol. The van der Waals surface area contributed by atoms with Crippen LogP contribution in [0.3, 0.4) is 0 Å². The van der Waals surface area contributed by atoms with E-state index < -0.39 is 0 Å². The van der Waals surface area contributed by atoms with Gasteiger partial charge >= 0.3 is 5.69 Å². The molecule has 0 bridgehead atoms. The maximum atomic E-state index is 12.4. The van der Waals surface area contributed by atoms with Gasteiger partial charge in [0, 0.05) is 25.2 Å². The van der Waals surface area contributed by atoms with Crippen molar-refractivity contribution < 1.29 is 9.47 Å². The molecule has 1 aromatic heterocycles. The van der Waals surface area contributed by atoms with Crippen LogP contribution < -0.4 is 5.69 Å². The summed E-state index contributed by atoms with van der Waals surface area (Å²) in [6, 6.07) is 0.146. The Balaban J connectivity index is 1.47. The Hall–Kier alpha value is -1.21. The average Bonchev–Trinajstić information content (AvgIpc) is 2.79. The summed E-state index contributed by atoms with van der Waals surface area (Å²) in [6.07, 6.45) is 3.98. The number of nitrogens with zero attached hydrogens (tertiary/aromatic N) is 4. The number of ether oxygens (including phenoxy) is 2. The van der Waals surface area contributed by atoms with Crippen LogP contribution in [0.2, 0.25) is 0 Å². The summed E-state index contributed by atoms with van der Waals surface area (Å²) in [5, 5.41) is 8.13. The Bertz CT molecular complexity index is 540. The largest absolute Gasteiger partial charge is 0.381 e. The van der Waals surface area contributed by atoms with Crippen molar-refractivity contribution in [2.75, 3.05) is 26.4 Å². The predicted octanol–water partition coefficient (Wildman–Crippen LogP) is 0.218. The maximum absolute atomic E-state index is 12.4. The quantitative estimate of drug-likeness (QED) is 0.792. The van der Waals surface area contributed by atoms with Gasteiger partial charge in [-0.25, -0.2) is 4.79 Å². The van der Waals surface area contributed by atoms with Crippen molar-refractivity contribution in [1.82, 2.24) is 19.8 Å². The molecule has 7 nitrogen and oxygen atoms in total. The average molecular weight is 280 g/mol. The molecule has 1 aromatic rings. The fraction of sp³-hybridized carbons (Fsp3) is 0.923. The molecule has 2 unspecified atom stereocenters. The topological polar surface area (TPSA) is 71.2 Å². The van der Waals surface area contributed by atoms with E-state index in [0.29, 0.717) is 31.1 Å². The molecule has 20 heavy (non-hydrogen) atoms. The first kappa shape index (κ1) is 12.5. The fourth-order valence-corrected chi connectivity index (χ4v) is 3.56. The van der Waals surface area contributed by atoms with Crippen LogP contribution in [-0.2, 0) is 16.0 Å². The lowest BCUT2D eigenvalue weighted by Crippen LogP contribution is -2.32. The second-order valence-electron chi connectivity index (χ2n) is 6.30. The van der Waals surface area contributed by atoms with Crippen LogP contribution in [0.4, 0.5) is 0 Å². The molecule has 3 aliphatic rings. The first-order valence-corrected chi connectivity index (χ1v) is 7.46. The van der Waals surface area contributed by atoms with Gasteiger partial charge in [-0.2, -0.15) is 9.36 Å². The molecule has 3 fully saturated rings. The lowest BCUT2D eigenvalue weighted by Gasteiger charge is -2.20. The van der Waals surface area contributed by atoms with Crippen LogP contribution in [-0.4, -0.2) is 46.2 Å². The minimum absolute atomic E-state index is 0.0714. The van der Waals surface area contributed by atoms with E-state index >= 15 is 0 Å². The maximum Gasteiger partial charge on any atom is 0.363 e. The summed E-state index contributed by atoms with van der Waals surface area (Å²) < 4.78 is 13.9. The van der Waals surface area contributed by atoms with Crippen molar-refractivity contribution in [1.29, 1.82) is 0 Å². The first-order chi connectivity index (χ1) is 9.78. The summed E-state index contributed by atoms with van der Waals surface area (Å²) >= 11 is 0. The number of hydrogen-bond donors (Lipinski definition) is 0. The molecule has 2 aliphatic heterocycles. The Morgan fingerprint density at radius 1 is 1.20 bits per heavy atom. The standard InChI is InChI=1S/C13H20N4O3/c18-12-16(8-10-7-13(10)3-6-20-9-13)14-15-17(12)11-1-4-19-5-2-11/h10-11H,1-9H2. The number of rotatable bonds is 3. The molecule has 1 aliphatic carbocycles. The number of aromatic nitrogens is 4. The Kier molecular flexibility index (Phi) is 2.92. The molecule has 1 spiro atoms. The smallest absolute Gasteiger partial charge is 0.363 e. The van der Waals surface area contributed by atoms with Gasteiger partial charge < -0.3 is 9.47 Å². The molecule has 0 aromatic carbocycles. The van der Waals surface area contributed by atoms with E-state index in [1.54, 1.807) is 4.68 Å². The van der Waals surface area contributed by atoms with Crippen LogP contribution in [0.5, 0.6) is 0 Å². The van der Waals surface area contributed by atoms with Gasteiger partial charge in [-0.3, -0.25) is 0 Å². The van der Waals surface area contributed by atoms with Crippen molar-refractivity contribution in [3.63, 3.8) is 0 Å². The van der Waals surface area contributed by atoms with Crippen molar-refractivity contribution in [3.8, 4) is 0 Å². The molecular formula is C13H20N4O3. The third-order valence-corrected chi connectivity index (χ3v) is 5.08. The Morgan fingerprint density at radius 2 is 2.05 bits per heavy atom. The highest BCUT2D eigenvalue weighted by Gasteiger charge is 2.56. The van der Waals surface area contributed by atoms with E-state index in [2.05, 4.69) is 10.4 Å². The zero-order valence-electron chi connectivity index (χ0n) is 11.5. The fourth-order valence-electron chi connectivity index (χ4n) is 3.56. The minimum atomic E-state index is -0.0714. The molecular weight excluding hydrogens is 260 g/mol. The molecule has 2 atom stereocenters. The van der Waals surface area contributed by atoms with E-state index in [9.17, 15) is 4.79 Å². The number of tetrazole rings is 1. The highest BCUT2D eigenvalue weighted by molar-refractivity contribution is 5.03. The second-order valence-corrected chi connectivity index (χ2v) is 6.30. The van der Waals surface area contributed by atoms with Crippen LogP contribution in [0.1, 0.15) is 31.7 Å².